The second-order valence-corrected chi connectivity index (χ2v) is 6.15. The average Bonchev–Trinajstić information content (AvgIpc) is 3.10. The highest BCUT2D eigenvalue weighted by Gasteiger charge is 2.48. The number of amides is 1. The Balaban J connectivity index is 1.68. The van der Waals surface area contributed by atoms with Crippen LogP contribution in [0, 0.1) is 23.7 Å². The van der Waals surface area contributed by atoms with Gasteiger partial charge in [0.1, 0.15) is 0 Å². The van der Waals surface area contributed by atoms with E-state index in [-0.39, 0.29) is 17.7 Å². The smallest absolute Gasteiger partial charge is 0.224 e. The number of rotatable bonds is 4. The van der Waals surface area contributed by atoms with Crippen LogP contribution in [0.5, 0.6) is 0 Å². The van der Waals surface area contributed by atoms with Crippen molar-refractivity contribution in [1.29, 1.82) is 0 Å². The van der Waals surface area contributed by atoms with Gasteiger partial charge in [-0.15, -0.1) is 11.3 Å². The predicted molar refractivity (Wildman–Crippen MR) is 68.9 cm³/mol. The number of hydrogen-bond acceptors (Lipinski definition) is 4. The van der Waals surface area contributed by atoms with E-state index in [1.165, 1.54) is 0 Å². The van der Waals surface area contributed by atoms with Crippen molar-refractivity contribution >= 4 is 23.2 Å². The SMILES string of the molecule is O=C([O-])[C@@H]1[C@@H](C(=O)NCc2cccs2)[C@@H]2C=C[C@@H]1C2. The van der Waals surface area contributed by atoms with Gasteiger partial charge >= 0.3 is 0 Å². The molecule has 0 unspecified atom stereocenters. The number of carboxylic acid groups (broad SMARTS) is 1. The van der Waals surface area contributed by atoms with Crippen LogP contribution >= 0.6 is 11.3 Å². The van der Waals surface area contributed by atoms with E-state index >= 15 is 0 Å². The number of carbonyl (C=O) groups excluding carboxylic acids is 2. The van der Waals surface area contributed by atoms with Crippen LogP contribution in [0.3, 0.4) is 0 Å². The van der Waals surface area contributed by atoms with E-state index in [9.17, 15) is 14.7 Å². The lowest BCUT2D eigenvalue weighted by Gasteiger charge is -2.27. The van der Waals surface area contributed by atoms with Crippen LogP contribution in [0.15, 0.2) is 29.7 Å². The maximum atomic E-state index is 12.2. The summed E-state index contributed by atoms with van der Waals surface area (Å²) in [5, 5.41) is 16.0. The molecule has 0 radical (unpaired) electrons. The first kappa shape index (κ1) is 12.4. The van der Waals surface area contributed by atoms with Gasteiger partial charge in [-0.3, -0.25) is 4.79 Å². The summed E-state index contributed by atoms with van der Waals surface area (Å²) in [6.45, 7) is 0.466. The fourth-order valence-electron chi connectivity index (χ4n) is 3.21. The zero-order valence-corrected chi connectivity index (χ0v) is 11.1. The fourth-order valence-corrected chi connectivity index (χ4v) is 3.85. The molecule has 1 aromatic rings. The quantitative estimate of drug-likeness (QED) is 0.817. The zero-order chi connectivity index (χ0) is 13.4. The summed E-state index contributed by atoms with van der Waals surface area (Å²) in [7, 11) is 0. The minimum Gasteiger partial charge on any atom is -0.550 e. The fraction of sp³-hybridized carbons (Fsp3) is 0.429. The normalized spacial score (nSPS) is 31.6. The lowest BCUT2D eigenvalue weighted by Crippen LogP contribution is -2.44. The van der Waals surface area contributed by atoms with Crippen LogP contribution in [0.2, 0.25) is 0 Å². The minimum atomic E-state index is -1.10. The molecule has 1 saturated carbocycles. The van der Waals surface area contributed by atoms with E-state index in [1.54, 1.807) is 11.3 Å². The summed E-state index contributed by atoms with van der Waals surface area (Å²) in [4.78, 5) is 24.5. The highest BCUT2D eigenvalue weighted by Crippen LogP contribution is 2.47. The summed E-state index contributed by atoms with van der Waals surface area (Å²) in [5.74, 6) is -2.39. The number of fused-ring (bicyclic) bond motifs is 2. The molecule has 1 heterocycles. The highest BCUT2D eigenvalue weighted by molar-refractivity contribution is 7.09. The Kier molecular flexibility index (Phi) is 3.14. The molecular weight excluding hydrogens is 262 g/mol. The minimum absolute atomic E-state index is 0.0347. The molecule has 1 amide bonds. The summed E-state index contributed by atoms with van der Waals surface area (Å²) in [6.07, 6.45) is 4.64. The van der Waals surface area contributed by atoms with Crippen LogP contribution in [-0.4, -0.2) is 11.9 Å². The van der Waals surface area contributed by atoms with Crippen molar-refractivity contribution in [2.45, 2.75) is 13.0 Å². The molecular formula is C14H14NO3S-. The van der Waals surface area contributed by atoms with Gasteiger partial charge < -0.3 is 15.2 Å². The van der Waals surface area contributed by atoms with Crippen molar-refractivity contribution in [1.82, 2.24) is 5.32 Å². The molecule has 5 heteroatoms. The number of aliphatic carboxylic acids is 1. The first-order valence-corrected chi connectivity index (χ1v) is 7.24. The number of hydrogen-bond donors (Lipinski definition) is 1. The monoisotopic (exact) mass is 276 g/mol. The third-order valence-corrected chi connectivity index (χ3v) is 4.93. The van der Waals surface area contributed by atoms with E-state index < -0.39 is 17.8 Å². The number of carbonyl (C=O) groups is 2. The summed E-state index contributed by atoms with van der Waals surface area (Å²) in [5.41, 5.74) is 0. The van der Waals surface area contributed by atoms with E-state index in [1.807, 2.05) is 29.7 Å². The Morgan fingerprint density at radius 1 is 1.32 bits per heavy atom. The van der Waals surface area contributed by atoms with Crippen molar-refractivity contribution < 1.29 is 14.7 Å². The molecule has 3 rings (SSSR count). The van der Waals surface area contributed by atoms with Crippen LogP contribution in [0.4, 0.5) is 0 Å². The van der Waals surface area contributed by atoms with Crippen molar-refractivity contribution in [2.24, 2.45) is 23.7 Å². The molecule has 2 aliphatic rings. The van der Waals surface area contributed by atoms with Gasteiger partial charge in [0.15, 0.2) is 0 Å². The van der Waals surface area contributed by atoms with Crippen molar-refractivity contribution in [3.05, 3.63) is 34.5 Å². The molecule has 1 N–H and O–H groups in total. The average molecular weight is 276 g/mol. The Morgan fingerprint density at radius 2 is 2.05 bits per heavy atom. The second kappa shape index (κ2) is 4.81. The predicted octanol–water partition coefficient (Wildman–Crippen LogP) is 0.552. The summed E-state index contributed by atoms with van der Waals surface area (Å²) < 4.78 is 0. The summed E-state index contributed by atoms with van der Waals surface area (Å²) in [6, 6.07) is 3.87. The Bertz CT molecular complexity index is 523. The number of carboxylic acids is 1. The zero-order valence-electron chi connectivity index (χ0n) is 10.2. The first-order chi connectivity index (χ1) is 9.16. The Hall–Kier alpha value is -1.62. The molecule has 1 fully saturated rings. The molecule has 2 bridgehead atoms. The maximum Gasteiger partial charge on any atom is 0.224 e. The number of thiophene rings is 1. The van der Waals surface area contributed by atoms with Crippen molar-refractivity contribution in [2.75, 3.05) is 0 Å². The molecule has 1 aromatic heterocycles. The molecule has 0 spiro atoms. The molecule has 2 aliphatic carbocycles. The Labute approximate surface area is 115 Å². The van der Waals surface area contributed by atoms with Crippen LogP contribution in [-0.2, 0) is 16.1 Å². The lowest BCUT2D eigenvalue weighted by molar-refractivity contribution is -0.313. The molecule has 0 aliphatic heterocycles. The topological polar surface area (TPSA) is 69.2 Å². The van der Waals surface area contributed by atoms with Gasteiger partial charge in [-0.05, 0) is 29.7 Å². The third kappa shape index (κ3) is 2.18. The van der Waals surface area contributed by atoms with Gasteiger partial charge in [-0.1, -0.05) is 18.2 Å². The van der Waals surface area contributed by atoms with Crippen LogP contribution < -0.4 is 10.4 Å². The van der Waals surface area contributed by atoms with Crippen molar-refractivity contribution in [3.63, 3.8) is 0 Å². The van der Waals surface area contributed by atoms with E-state index in [2.05, 4.69) is 5.32 Å². The number of nitrogens with one attached hydrogen (secondary N) is 1. The molecule has 4 nitrogen and oxygen atoms in total. The van der Waals surface area contributed by atoms with Gasteiger partial charge in [0.05, 0.1) is 12.5 Å². The van der Waals surface area contributed by atoms with Crippen LogP contribution in [0.1, 0.15) is 11.3 Å². The molecule has 19 heavy (non-hydrogen) atoms. The van der Waals surface area contributed by atoms with Gasteiger partial charge in [0.2, 0.25) is 5.91 Å². The second-order valence-electron chi connectivity index (χ2n) is 5.12. The van der Waals surface area contributed by atoms with Gasteiger partial charge in [0, 0.05) is 16.8 Å². The van der Waals surface area contributed by atoms with Crippen molar-refractivity contribution in [3.8, 4) is 0 Å². The summed E-state index contributed by atoms with van der Waals surface area (Å²) >= 11 is 1.57. The largest absolute Gasteiger partial charge is 0.550 e. The van der Waals surface area contributed by atoms with E-state index in [0.717, 1.165) is 11.3 Å². The van der Waals surface area contributed by atoms with Gasteiger partial charge in [-0.2, -0.15) is 0 Å². The van der Waals surface area contributed by atoms with E-state index in [4.69, 9.17) is 0 Å². The Morgan fingerprint density at radius 3 is 2.68 bits per heavy atom. The number of allylic oxidation sites excluding steroid dienone is 2. The molecule has 100 valence electrons. The van der Waals surface area contributed by atoms with Gasteiger partial charge in [-0.25, -0.2) is 0 Å². The highest BCUT2D eigenvalue weighted by atomic mass is 32.1. The first-order valence-electron chi connectivity index (χ1n) is 6.36. The third-order valence-electron chi connectivity index (χ3n) is 4.05. The van der Waals surface area contributed by atoms with Crippen LogP contribution in [0.25, 0.3) is 0 Å². The molecule has 0 saturated heterocycles. The lowest BCUT2D eigenvalue weighted by atomic mass is 9.82. The standard InChI is InChI=1S/C14H15NO3S/c16-13(15-7-10-2-1-5-19-10)11-8-3-4-9(6-8)12(11)14(17)18/h1-5,8-9,11-12H,6-7H2,(H,15,16)(H,17,18)/p-1/t8-,9-,11+,12+/m1/s1. The van der Waals surface area contributed by atoms with E-state index in [0.29, 0.717) is 6.54 Å². The molecule has 0 aromatic carbocycles. The maximum absolute atomic E-state index is 12.2. The van der Waals surface area contributed by atoms with Gasteiger partial charge in [0.25, 0.3) is 0 Å². The molecule has 4 atom stereocenters.